The van der Waals surface area contributed by atoms with E-state index in [4.69, 9.17) is 9.72 Å². The Bertz CT molecular complexity index is 952. The first-order valence-corrected chi connectivity index (χ1v) is 10.5. The molecule has 1 aliphatic rings. The molecule has 0 radical (unpaired) electrons. The summed E-state index contributed by atoms with van der Waals surface area (Å²) in [5, 5.41) is 4.17. The number of hydrogen-bond acceptors (Lipinski definition) is 4. The van der Waals surface area contributed by atoms with Crippen LogP contribution in [0.15, 0.2) is 54.6 Å². The number of aryl methyl sites for hydroxylation is 1. The number of methoxy groups -OCH3 is 1. The molecular formula is C23H24N2O2S. The molecule has 144 valence electrons. The summed E-state index contributed by atoms with van der Waals surface area (Å²) < 4.78 is 5.25. The van der Waals surface area contributed by atoms with Crippen LogP contribution in [0.3, 0.4) is 0 Å². The third-order valence-corrected chi connectivity index (χ3v) is 6.35. The molecule has 1 atom stereocenters. The summed E-state index contributed by atoms with van der Waals surface area (Å²) >= 11 is 1.73. The van der Waals surface area contributed by atoms with E-state index in [9.17, 15) is 4.79 Å². The van der Waals surface area contributed by atoms with Crippen molar-refractivity contribution in [3.63, 3.8) is 0 Å². The highest BCUT2D eigenvalue weighted by Crippen LogP contribution is 2.34. The molecule has 0 saturated carbocycles. The van der Waals surface area contributed by atoms with Crippen LogP contribution in [0.5, 0.6) is 5.75 Å². The second-order valence-corrected chi connectivity index (χ2v) is 8.17. The van der Waals surface area contributed by atoms with Crippen molar-refractivity contribution in [2.24, 2.45) is 5.92 Å². The number of carbonyl (C=O) groups excluding carboxylic acids is 1. The molecule has 1 aromatic heterocycles. The third kappa shape index (κ3) is 4.25. The largest absolute Gasteiger partial charge is 0.497 e. The van der Waals surface area contributed by atoms with E-state index in [0.717, 1.165) is 42.0 Å². The molecule has 0 spiro atoms. The van der Waals surface area contributed by atoms with Gasteiger partial charge in [0.25, 0.3) is 0 Å². The molecule has 1 unspecified atom stereocenters. The van der Waals surface area contributed by atoms with Crippen molar-refractivity contribution < 1.29 is 9.53 Å². The van der Waals surface area contributed by atoms with Crippen molar-refractivity contribution in [2.75, 3.05) is 13.7 Å². The number of benzene rings is 2. The van der Waals surface area contributed by atoms with Crippen LogP contribution in [0.4, 0.5) is 0 Å². The first-order valence-electron chi connectivity index (χ1n) is 9.67. The summed E-state index contributed by atoms with van der Waals surface area (Å²) in [6, 6.07) is 18.3. The number of rotatable bonds is 6. The number of aromatic nitrogens is 1. The van der Waals surface area contributed by atoms with Gasteiger partial charge in [-0.05, 0) is 43.4 Å². The van der Waals surface area contributed by atoms with Crippen LogP contribution in [0, 0.1) is 5.92 Å². The summed E-state index contributed by atoms with van der Waals surface area (Å²) in [7, 11) is 1.67. The Morgan fingerprint density at radius 3 is 2.89 bits per heavy atom. The number of carbonyl (C=O) groups is 1. The van der Waals surface area contributed by atoms with Crippen molar-refractivity contribution in [1.29, 1.82) is 0 Å². The van der Waals surface area contributed by atoms with Crippen molar-refractivity contribution in [1.82, 2.24) is 10.3 Å². The van der Waals surface area contributed by atoms with Crippen LogP contribution in [0.25, 0.3) is 10.6 Å². The third-order valence-electron chi connectivity index (χ3n) is 5.18. The number of thiazole rings is 1. The highest BCUT2D eigenvalue weighted by Gasteiger charge is 2.27. The van der Waals surface area contributed by atoms with Gasteiger partial charge in [-0.15, -0.1) is 11.3 Å². The Hall–Kier alpha value is -2.66. The highest BCUT2D eigenvalue weighted by atomic mass is 32.1. The van der Waals surface area contributed by atoms with Crippen LogP contribution in [0.2, 0.25) is 0 Å². The quantitative estimate of drug-likeness (QED) is 0.681. The molecule has 0 aliphatic heterocycles. The molecule has 28 heavy (non-hydrogen) atoms. The Balaban J connectivity index is 1.33. The molecule has 3 aromatic rings. The van der Waals surface area contributed by atoms with Gasteiger partial charge in [-0.3, -0.25) is 4.79 Å². The molecule has 1 heterocycles. The normalized spacial score (nSPS) is 15.7. The first-order chi connectivity index (χ1) is 13.7. The highest BCUT2D eigenvalue weighted by molar-refractivity contribution is 7.15. The summed E-state index contributed by atoms with van der Waals surface area (Å²) in [4.78, 5) is 18.7. The van der Waals surface area contributed by atoms with Crippen molar-refractivity contribution in [3.05, 3.63) is 70.7 Å². The van der Waals surface area contributed by atoms with Gasteiger partial charge in [-0.25, -0.2) is 4.98 Å². The Labute approximate surface area is 169 Å². The van der Waals surface area contributed by atoms with Gasteiger partial charge >= 0.3 is 0 Å². The van der Waals surface area contributed by atoms with E-state index in [-0.39, 0.29) is 11.8 Å². The van der Waals surface area contributed by atoms with Gasteiger partial charge in [0.05, 0.1) is 12.8 Å². The maximum Gasteiger partial charge on any atom is 0.223 e. The van der Waals surface area contributed by atoms with Crippen LogP contribution in [-0.2, 0) is 24.1 Å². The molecule has 4 rings (SSSR count). The Morgan fingerprint density at radius 1 is 1.21 bits per heavy atom. The fourth-order valence-corrected chi connectivity index (χ4v) is 4.80. The van der Waals surface area contributed by atoms with E-state index < -0.39 is 0 Å². The van der Waals surface area contributed by atoms with Crippen LogP contribution >= 0.6 is 11.3 Å². The van der Waals surface area contributed by atoms with E-state index in [0.29, 0.717) is 6.54 Å². The standard InChI is InChI=1S/C23H24N2O2S/c1-27-19-9-5-6-16(14-19)12-13-24-22(26)18-10-11-20-21(15-18)28-23(25-20)17-7-3-2-4-8-17/h2-9,14,18H,10-13,15H2,1H3,(H,24,26). The van der Waals surface area contributed by atoms with Gasteiger partial charge in [0.15, 0.2) is 0 Å². The number of amides is 1. The fourth-order valence-electron chi connectivity index (χ4n) is 3.61. The average Bonchev–Trinajstić information content (AvgIpc) is 3.18. The lowest BCUT2D eigenvalue weighted by Crippen LogP contribution is -2.35. The number of nitrogens with zero attached hydrogens (tertiary/aromatic N) is 1. The molecule has 2 aromatic carbocycles. The lowest BCUT2D eigenvalue weighted by molar-refractivity contribution is -0.125. The smallest absolute Gasteiger partial charge is 0.223 e. The van der Waals surface area contributed by atoms with Gasteiger partial charge in [0.2, 0.25) is 5.91 Å². The van der Waals surface area contributed by atoms with Crippen molar-refractivity contribution >= 4 is 17.2 Å². The zero-order valence-electron chi connectivity index (χ0n) is 16.0. The van der Waals surface area contributed by atoms with E-state index >= 15 is 0 Å². The number of hydrogen-bond donors (Lipinski definition) is 1. The molecule has 0 fully saturated rings. The summed E-state index contributed by atoms with van der Waals surface area (Å²) in [5.74, 6) is 1.05. The lowest BCUT2D eigenvalue weighted by atomic mass is 9.90. The minimum atomic E-state index is 0.0434. The van der Waals surface area contributed by atoms with Crippen LogP contribution in [-0.4, -0.2) is 24.5 Å². The van der Waals surface area contributed by atoms with Gasteiger partial charge in [0.1, 0.15) is 10.8 Å². The Kier molecular flexibility index (Phi) is 5.72. The van der Waals surface area contributed by atoms with Crippen LogP contribution in [0.1, 0.15) is 22.6 Å². The van der Waals surface area contributed by atoms with Gasteiger partial charge < -0.3 is 10.1 Å². The minimum Gasteiger partial charge on any atom is -0.497 e. The summed E-state index contributed by atoms with van der Waals surface area (Å²) in [6.07, 6.45) is 3.35. The Morgan fingerprint density at radius 2 is 2.07 bits per heavy atom. The number of fused-ring (bicyclic) bond motifs is 1. The molecule has 1 N–H and O–H groups in total. The number of nitrogens with one attached hydrogen (secondary N) is 1. The molecular weight excluding hydrogens is 368 g/mol. The maximum atomic E-state index is 12.6. The fraction of sp³-hybridized carbons (Fsp3) is 0.304. The molecule has 1 aliphatic carbocycles. The minimum absolute atomic E-state index is 0.0434. The topological polar surface area (TPSA) is 51.2 Å². The second kappa shape index (κ2) is 8.57. The SMILES string of the molecule is COc1cccc(CCNC(=O)C2CCc3nc(-c4ccccc4)sc3C2)c1. The monoisotopic (exact) mass is 392 g/mol. The molecule has 0 bridgehead atoms. The first kappa shape index (κ1) is 18.7. The van der Waals surface area contributed by atoms with Gasteiger partial charge in [0, 0.05) is 22.9 Å². The molecule has 4 nitrogen and oxygen atoms in total. The van der Waals surface area contributed by atoms with Crippen molar-refractivity contribution in [2.45, 2.75) is 25.7 Å². The van der Waals surface area contributed by atoms with E-state index in [2.05, 4.69) is 23.5 Å². The predicted molar refractivity (Wildman–Crippen MR) is 113 cm³/mol. The van der Waals surface area contributed by atoms with Crippen LogP contribution < -0.4 is 10.1 Å². The lowest BCUT2D eigenvalue weighted by Gasteiger charge is -2.20. The number of ether oxygens (including phenoxy) is 1. The summed E-state index contributed by atoms with van der Waals surface area (Å²) in [6.45, 7) is 0.646. The van der Waals surface area contributed by atoms with Crippen molar-refractivity contribution in [3.8, 4) is 16.3 Å². The second-order valence-electron chi connectivity index (χ2n) is 7.09. The summed E-state index contributed by atoms with van der Waals surface area (Å²) in [5.41, 5.74) is 3.49. The molecule has 1 amide bonds. The zero-order valence-corrected chi connectivity index (χ0v) is 16.8. The van der Waals surface area contributed by atoms with E-state index in [1.165, 1.54) is 16.1 Å². The van der Waals surface area contributed by atoms with E-state index in [1.807, 2.05) is 36.4 Å². The molecule has 5 heteroatoms. The average molecular weight is 393 g/mol. The predicted octanol–water partition coefficient (Wildman–Crippen LogP) is 4.28. The zero-order chi connectivity index (χ0) is 19.3. The maximum absolute atomic E-state index is 12.6. The molecule has 0 saturated heterocycles. The van der Waals surface area contributed by atoms with E-state index in [1.54, 1.807) is 18.4 Å². The van der Waals surface area contributed by atoms with Gasteiger partial charge in [-0.2, -0.15) is 0 Å². The van der Waals surface area contributed by atoms with Gasteiger partial charge in [-0.1, -0.05) is 42.5 Å².